The molecule has 1 saturated heterocycles. The number of anilines is 1. The Balaban J connectivity index is 1.35. The van der Waals surface area contributed by atoms with Crippen LogP contribution in [0.4, 0.5) is 5.69 Å². The van der Waals surface area contributed by atoms with E-state index in [0.717, 1.165) is 48.4 Å². The molecule has 0 radical (unpaired) electrons. The number of benzene rings is 2. The Labute approximate surface area is 184 Å². The third kappa shape index (κ3) is 5.70. The van der Waals surface area contributed by atoms with Crippen molar-refractivity contribution in [1.29, 1.82) is 0 Å². The zero-order valence-corrected chi connectivity index (χ0v) is 18.5. The molecule has 0 bridgehead atoms. The Hall–Kier alpha value is -2.73. The maximum absolute atomic E-state index is 11.3. The van der Waals surface area contributed by atoms with Crippen LogP contribution in [-0.4, -0.2) is 44.9 Å². The molecule has 1 heterocycles. The summed E-state index contributed by atoms with van der Waals surface area (Å²) in [5.41, 5.74) is 2.19. The van der Waals surface area contributed by atoms with Crippen LogP contribution in [0.1, 0.15) is 38.3 Å². The minimum absolute atomic E-state index is 0.0104. The Morgan fingerprint density at radius 1 is 1.03 bits per heavy atom. The van der Waals surface area contributed by atoms with Crippen LogP contribution >= 0.6 is 0 Å². The third-order valence-corrected chi connectivity index (χ3v) is 5.99. The van der Waals surface area contributed by atoms with E-state index >= 15 is 0 Å². The van der Waals surface area contributed by atoms with Crippen molar-refractivity contribution in [2.45, 2.75) is 44.9 Å². The van der Waals surface area contributed by atoms with Crippen molar-refractivity contribution in [2.24, 2.45) is 5.92 Å². The largest absolute Gasteiger partial charge is 0.493 e. The summed E-state index contributed by atoms with van der Waals surface area (Å²) >= 11 is 0. The molecule has 1 aliphatic carbocycles. The molecule has 4 rings (SSSR count). The van der Waals surface area contributed by atoms with Crippen molar-refractivity contribution < 1.29 is 19.0 Å². The summed E-state index contributed by atoms with van der Waals surface area (Å²) in [6, 6.07) is 16.2. The second-order valence-corrected chi connectivity index (χ2v) is 8.57. The van der Waals surface area contributed by atoms with E-state index in [1.54, 1.807) is 7.11 Å². The van der Waals surface area contributed by atoms with E-state index < -0.39 is 0 Å². The molecule has 2 aliphatic rings. The highest BCUT2D eigenvalue weighted by Gasteiger charge is 2.35. The van der Waals surface area contributed by atoms with Crippen LogP contribution in [0, 0.1) is 5.92 Å². The first-order valence-corrected chi connectivity index (χ1v) is 11.1. The molecular formula is C25H32N2O4. The van der Waals surface area contributed by atoms with E-state index in [1.807, 2.05) is 43.3 Å². The normalized spacial score (nSPS) is 21.6. The van der Waals surface area contributed by atoms with Gasteiger partial charge in [-0.25, -0.2) is 0 Å². The summed E-state index contributed by atoms with van der Waals surface area (Å²) in [5, 5.41) is 2.90. The number of rotatable bonds is 9. The first kappa shape index (κ1) is 21.5. The predicted octanol–water partition coefficient (Wildman–Crippen LogP) is 3.96. The van der Waals surface area contributed by atoms with Gasteiger partial charge in [-0.3, -0.25) is 4.79 Å². The van der Waals surface area contributed by atoms with E-state index in [1.165, 1.54) is 19.8 Å². The maximum Gasteiger partial charge on any atom is 0.217 e. The monoisotopic (exact) mass is 424 g/mol. The zero-order valence-electron chi connectivity index (χ0n) is 18.5. The SMILES string of the molecule is CO[C@H]1CN(c2ccc(OCC3CC3)cc2)C[C@@H]1Oc1ccc([C@H](C)NC(C)=O)cc1. The summed E-state index contributed by atoms with van der Waals surface area (Å²) in [6.45, 7) is 5.85. The lowest BCUT2D eigenvalue weighted by molar-refractivity contribution is -0.119. The molecule has 2 fully saturated rings. The lowest BCUT2D eigenvalue weighted by Crippen LogP contribution is -2.31. The Morgan fingerprint density at radius 2 is 1.68 bits per heavy atom. The number of nitrogens with zero attached hydrogens (tertiary/aromatic N) is 1. The van der Waals surface area contributed by atoms with Crippen LogP contribution < -0.4 is 19.7 Å². The van der Waals surface area contributed by atoms with Crippen LogP contribution in [0.5, 0.6) is 11.5 Å². The second kappa shape index (κ2) is 9.60. The average molecular weight is 425 g/mol. The number of hydrogen-bond donors (Lipinski definition) is 1. The van der Waals surface area contributed by atoms with E-state index in [-0.39, 0.29) is 24.2 Å². The molecule has 1 aliphatic heterocycles. The first-order valence-electron chi connectivity index (χ1n) is 11.1. The van der Waals surface area contributed by atoms with Gasteiger partial charge in [0, 0.05) is 26.3 Å². The molecule has 166 valence electrons. The minimum Gasteiger partial charge on any atom is -0.493 e. The molecule has 6 nitrogen and oxygen atoms in total. The summed E-state index contributed by atoms with van der Waals surface area (Å²) < 4.78 is 17.8. The summed E-state index contributed by atoms with van der Waals surface area (Å²) in [6.07, 6.45) is 2.52. The number of amides is 1. The van der Waals surface area contributed by atoms with Crippen molar-refractivity contribution in [3.8, 4) is 11.5 Å². The van der Waals surface area contributed by atoms with Gasteiger partial charge in [0.15, 0.2) is 0 Å². The summed E-state index contributed by atoms with van der Waals surface area (Å²) in [7, 11) is 1.73. The van der Waals surface area contributed by atoms with Crippen molar-refractivity contribution in [3.63, 3.8) is 0 Å². The van der Waals surface area contributed by atoms with Crippen LogP contribution in [0.3, 0.4) is 0 Å². The average Bonchev–Trinajstić information content (AvgIpc) is 3.51. The quantitative estimate of drug-likeness (QED) is 0.660. The van der Waals surface area contributed by atoms with Gasteiger partial charge in [-0.15, -0.1) is 0 Å². The molecule has 3 atom stereocenters. The Bertz CT molecular complexity index is 864. The van der Waals surface area contributed by atoms with Gasteiger partial charge in [0.1, 0.15) is 23.7 Å². The fourth-order valence-corrected chi connectivity index (χ4v) is 3.94. The van der Waals surface area contributed by atoms with Crippen LogP contribution in [-0.2, 0) is 9.53 Å². The van der Waals surface area contributed by atoms with Gasteiger partial charge in [0.25, 0.3) is 0 Å². The molecule has 0 unspecified atom stereocenters. The molecule has 1 amide bonds. The maximum atomic E-state index is 11.3. The topological polar surface area (TPSA) is 60.0 Å². The molecule has 0 spiro atoms. The van der Waals surface area contributed by atoms with Gasteiger partial charge in [0.05, 0.1) is 19.2 Å². The number of nitrogens with one attached hydrogen (secondary N) is 1. The summed E-state index contributed by atoms with van der Waals surface area (Å²) in [4.78, 5) is 13.5. The van der Waals surface area contributed by atoms with Gasteiger partial charge >= 0.3 is 0 Å². The smallest absolute Gasteiger partial charge is 0.217 e. The highest BCUT2D eigenvalue weighted by Crippen LogP contribution is 2.31. The van der Waals surface area contributed by atoms with E-state index in [9.17, 15) is 4.79 Å². The standard InChI is InChI=1S/C25H32N2O4/c1-17(26-18(2)28)20-6-10-23(11-7-20)31-25-15-27(14-24(25)29-3)21-8-12-22(13-9-21)30-16-19-4-5-19/h6-13,17,19,24-25H,4-5,14-16H2,1-3H3,(H,26,28)/t17-,24-,25-/m0/s1. The highest BCUT2D eigenvalue weighted by molar-refractivity contribution is 5.73. The lowest BCUT2D eigenvalue weighted by Gasteiger charge is -2.20. The summed E-state index contributed by atoms with van der Waals surface area (Å²) in [5.74, 6) is 2.45. The van der Waals surface area contributed by atoms with E-state index in [0.29, 0.717) is 0 Å². The van der Waals surface area contributed by atoms with E-state index in [2.05, 4.69) is 22.3 Å². The van der Waals surface area contributed by atoms with Crippen molar-refractivity contribution in [3.05, 3.63) is 54.1 Å². The molecule has 31 heavy (non-hydrogen) atoms. The minimum atomic E-state index is -0.0607. The molecule has 0 aromatic heterocycles. The molecule has 1 N–H and O–H groups in total. The van der Waals surface area contributed by atoms with Gasteiger partial charge < -0.3 is 24.4 Å². The molecule has 6 heteroatoms. The zero-order chi connectivity index (χ0) is 21.8. The molecular weight excluding hydrogens is 392 g/mol. The Kier molecular flexibility index (Phi) is 6.66. The predicted molar refractivity (Wildman–Crippen MR) is 121 cm³/mol. The number of hydrogen-bond acceptors (Lipinski definition) is 5. The van der Waals surface area contributed by atoms with Crippen LogP contribution in [0.15, 0.2) is 48.5 Å². The highest BCUT2D eigenvalue weighted by atomic mass is 16.5. The number of carbonyl (C=O) groups excluding carboxylic acids is 1. The van der Waals surface area contributed by atoms with E-state index in [4.69, 9.17) is 14.2 Å². The fraction of sp³-hybridized carbons (Fsp3) is 0.480. The number of methoxy groups -OCH3 is 1. The fourth-order valence-electron chi connectivity index (χ4n) is 3.94. The second-order valence-electron chi connectivity index (χ2n) is 8.57. The molecule has 1 saturated carbocycles. The number of ether oxygens (including phenoxy) is 3. The Morgan fingerprint density at radius 3 is 2.29 bits per heavy atom. The van der Waals surface area contributed by atoms with Crippen molar-refractivity contribution in [2.75, 3.05) is 31.7 Å². The number of carbonyl (C=O) groups is 1. The molecule has 2 aromatic carbocycles. The van der Waals surface area contributed by atoms with Gasteiger partial charge in [0.2, 0.25) is 5.91 Å². The molecule has 2 aromatic rings. The third-order valence-electron chi connectivity index (χ3n) is 5.99. The lowest BCUT2D eigenvalue weighted by atomic mass is 10.1. The van der Waals surface area contributed by atoms with Crippen molar-refractivity contribution in [1.82, 2.24) is 5.32 Å². The van der Waals surface area contributed by atoms with Crippen LogP contribution in [0.25, 0.3) is 0 Å². The van der Waals surface area contributed by atoms with Gasteiger partial charge in [-0.05, 0) is 67.6 Å². The van der Waals surface area contributed by atoms with Crippen LogP contribution in [0.2, 0.25) is 0 Å². The van der Waals surface area contributed by atoms with Gasteiger partial charge in [-0.2, -0.15) is 0 Å². The van der Waals surface area contributed by atoms with Gasteiger partial charge in [-0.1, -0.05) is 12.1 Å². The first-order chi connectivity index (χ1) is 15.0. The van der Waals surface area contributed by atoms with Crippen molar-refractivity contribution >= 4 is 11.6 Å².